The fraction of sp³-hybridized carbons (Fsp3) is 0.471. The van der Waals surface area contributed by atoms with Crippen LogP contribution in [0.1, 0.15) is 22.5 Å². The van der Waals surface area contributed by atoms with Gasteiger partial charge in [0.1, 0.15) is 0 Å². The molecule has 134 valence electrons. The third kappa shape index (κ3) is 5.26. The molecule has 1 aliphatic rings. The fourth-order valence-electron chi connectivity index (χ4n) is 2.68. The normalized spacial score (nSPS) is 14.7. The minimum atomic E-state index is -0.0753. The lowest BCUT2D eigenvalue weighted by molar-refractivity contribution is 0.0299. The molecule has 2 aromatic rings. The van der Waals surface area contributed by atoms with E-state index < -0.39 is 0 Å². The summed E-state index contributed by atoms with van der Waals surface area (Å²) in [5.74, 6) is -0.0753. The van der Waals surface area contributed by atoms with Crippen molar-refractivity contribution in [3.8, 4) is 0 Å². The van der Waals surface area contributed by atoms with Gasteiger partial charge in [-0.3, -0.25) is 9.48 Å². The summed E-state index contributed by atoms with van der Waals surface area (Å²) in [4.78, 5) is 14.1. The SMILES string of the molecule is O=C(c1cn(CCCNCc2cccc(Cl)c2)nn1)N1CCOCC1. The third-order valence-electron chi connectivity index (χ3n) is 4.01. The Morgan fingerprint density at radius 3 is 2.96 bits per heavy atom. The Morgan fingerprint density at radius 2 is 2.16 bits per heavy atom. The molecule has 0 bridgehead atoms. The molecule has 0 aliphatic carbocycles. The number of ether oxygens (including phenoxy) is 1. The average molecular weight is 364 g/mol. The fourth-order valence-corrected chi connectivity index (χ4v) is 2.89. The molecule has 1 aromatic carbocycles. The molecule has 8 heteroatoms. The third-order valence-corrected chi connectivity index (χ3v) is 4.25. The second kappa shape index (κ2) is 8.94. The number of aryl methyl sites for hydroxylation is 1. The number of amides is 1. The Bertz CT molecular complexity index is 700. The second-order valence-electron chi connectivity index (χ2n) is 5.93. The van der Waals surface area contributed by atoms with Crippen LogP contribution in [-0.2, 0) is 17.8 Å². The van der Waals surface area contributed by atoms with E-state index >= 15 is 0 Å². The number of hydrogen-bond donors (Lipinski definition) is 1. The molecule has 0 atom stereocenters. The van der Waals surface area contributed by atoms with Gasteiger partial charge < -0.3 is 15.0 Å². The number of carbonyl (C=O) groups excluding carboxylic acids is 1. The van der Waals surface area contributed by atoms with Gasteiger partial charge in [-0.2, -0.15) is 0 Å². The van der Waals surface area contributed by atoms with E-state index in [-0.39, 0.29) is 5.91 Å². The molecule has 2 heterocycles. The molecule has 25 heavy (non-hydrogen) atoms. The zero-order valence-corrected chi connectivity index (χ0v) is 14.8. The molecule has 3 rings (SSSR count). The minimum absolute atomic E-state index is 0.0753. The van der Waals surface area contributed by atoms with Crippen molar-refractivity contribution in [2.45, 2.75) is 19.5 Å². The van der Waals surface area contributed by atoms with Gasteiger partial charge >= 0.3 is 0 Å². The maximum absolute atomic E-state index is 12.3. The zero-order valence-electron chi connectivity index (χ0n) is 14.0. The first-order valence-corrected chi connectivity index (χ1v) is 8.82. The van der Waals surface area contributed by atoms with Gasteiger partial charge in [-0.15, -0.1) is 5.10 Å². The van der Waals surface area contributed by atoms with Gasteiger partial charge in [0.15, 0.2) is 5.69 Å². The number of halogens is 1. The van der Waals surface area contributed by atoms with E-state index in [0.717, 1.165) is 30.1 Å². The Kier molecular flexibility index (Phi) is 6.38. The van der Waals surface area contributed by atoms with Crippen LogP contribution < -0.4 is 5.32 Å². The van der Waals surface area contributed by atoms with Crippen molar-refractivity contribution >= 4 is 17.5 Å². The van der Waals surface area contributed by atoms with E-state index in [1.165, 1.54) is 0 Å². The van der Waals surface area contributed by atoms with Crippen LogP contribution in [0.2, 0.25) is 5.02 Å². The number of aromatic nitrogens is 3. The highest BCUT2D eigenvalue weighted by Gasteiger charge is 2.21. The summed E-state index contributed by atoms with van der Waals surface area (Å²) < 4.78 is 6.97. The number of morpholine rings is 1. The van der Waals surface area contributed by atoms with Crippen molar-refractivity contribution in [2.24, 2.45) is 0 Å². The van der Waals surface area contributed by atoms with Crippen LogP contribution in [-0.4, -0.2) is 58.6 Å². The van der Waals surface area contributed by atoms with Crippen LogP contribution in [0, 0.1) is 0 Å². The van der Waals surface area contributed by atoms with Crippen LogP contribution in [0.3, 0.4) is 0 Å². The molecule has 1 amide bonds. The van der Waals surface area contributed by atoms with Gasteiger partial charge in [-0.25, -0.2) is 0 Å². The van der Waals surface area contributed by atoms with Crippen molar-refractivity contribution in [1.29, 1.82) is 0 Å². The summed E-state index contributed by atoms with van der Waals surface area (Å²) in [7, 11) is 0. The minimum Gasteiger partial charge on any atom is -0.378 e. The van der Waals surface area contributed by atoms with E-state index in [0.29, 0.717) is 38.5 Å². The summed E-state index contributed by atoms with van der Waals surface area (Å²) in [5, 5.41) is 12.2. The highest BCUT2D eigenvalue weighted by molar-refractivity contribution is 6.30. The summed E-state index contributed by atoms with van der Waals surface area (Å²) in [6.45, 7) is 4.72. The first-order valence-electron chi connectivity index (χ1n) is 8.45. The molecule has 1 fully saturated rings. The molecule has 1 saturated heterocycles. The van der Waals surface area contributed by atoms with Gasteiger partial charge in [0.25, 0.3) is 5.91 Å². The highest BCUT2D eigenvalue weighted by atomic mass is 35.5. The van der Waals surface area contributed by atoms with Crippen LogP contribution in [0.25, 0.3) is 0 Å². The molecule has 0 radical (unpaired) electrons. The van der Waals surface area contributed by atoms with Crippen molar-refractivity contribution < 1.29 is 9.53 Å². The predicted octanol–water partition coefficient (Wildman–Crippen LogP) is 1.58. The lowest BCUT2D eigenvalue weighted by Gasteiger charge is -2.25. The largest absolute Gasteiger partial charge is 0.378 e. The highest BCUT2D eigenvalue weighted by Crippen LogP contribution is 2.10. The van der Waals surface area contributed by atoms with Crippen LogP contribution in [0.15, 0.2) is 30.5 Å². The van der Waals surface area contributed by atoms with Gasteiger partial charge in [0.05, 0.1) is 19.4 Å². The molecular formula is C17H22ClN5O2. The van der Waals surface area contributed by atoms with Crippen molar-refractivity contribution in [3.63, 3.8) is 0 Å². The van der Waals surface area contributed by atoms with Crippen LogP contribution in [0.5, 0.6) is 0 Å². The van der Waals surface area contributed by atoms with Crippen LogP contribution in [0.4, 0.5) is 0 Å². The molecule has 0 saturated carbocycles. The van der Waals surface area contributed by atoms with Crippen molar-refractivity contribution in [1.82, 2.24) is 25.2 Å². The number of nitrogens with zero attached hydrogens (tertiary/aromatic N) is 4. The molecule has 1 aromatic heterocycles. The van der Waals surface area contributed by atoms with Gasteiger partial charge in [-0.05, 0) is 30.7 Å². The average Bonchev–Trinajstić information content (AvgIpc) is 3.10. The number of rotatable bonds is 7. The topological polar surface area (TPSA) is 72.3 Å². The number of carbonyl (C=O) groups is 1. The van der Waals surface area contributed by atoms with E-state index in [9.17, 15) is 4.79 Å². The molecular weight excluding hydrogens is 342 g/mol. The van der Waals surface area contributed by atoms with E-state index in [1.807, 2.05) is 24.3 Å². The molecule has 0 unspecified atom stereocenters. The lowest BCUT2D eigenvalue weighted by atomic mass is 10.2. The van der Waals surface area contributed by atoms with Crippen molar-refractivity contribution in [2.75, 3.05) is 32.8 Å². The van der Waals surface area contributed by atoms with E-state index in [4.69, 9.17) is 16.3 Å². The monoisotopic (exact) mass is 363 g/mol. The van der Waals surface area contributed by atoms with E-state index in [1.54, 1.807) is 15.8 Å². The standard InChI is InChI=1S/C17H22ClN5O2/c18-15-4-1-3-14(11-15)12-19-5-2-6-23-13-16(20-21-23)17(24)22-7-9-25-10-8-22/h1,3-4,11,13,19H,2,5-10,12H2. The van der Waals surface area contributed by atoms with E-state index in [2.05, 4.69) is 15.6 Å². The van der Waals surface area contributed by atoms with Gasteiger partial charge in [0, 0.05) is 31.2 Å². The van der Waals surface area contributed by atoms with Gasteiger partial charge in [-0.1, -0.05) is 28.9 Å². The maximum atomic E-state index is 12.3. The Hall–Kier alpha value is -1.96. The number of benzene rings is 1. The molecule has 0 spiro atoms. The summed E-state index contributed by atoms with van der Waals surface area (Å²) in [6.07, 6.45) is 2.61. The smallest absolute Gasteiger partial charge is 0.276 e. The Morgan fingerprint density at radius 1 is 1.32 bits per heavy atom. The van der Waals surface area contributed by atoms with Crippen molar-refractivity contribution in [3.05, 3.63) is 46.7 Å². The predicted molar refractivity (Wildman–Crippen MR) is 94.5 cm³/mol. The van der Waals surface area contributed by atoms with Gasteiger partial charge in [0.2, 0.25) is 0 Å². The molecule has 7 nitrogen and oxygen atoms in total. The molecule has 1 N–H and O–H groups in total. The zero-order chi connectivity index (χ0) is 17.5. The second-order valence-corrected chi connectivity index (χ2v) is 6.37. The summed E-state index contributed by atoms with van der Waals surface area (Å²) >= 11 is 5.96. The Balaban J connectivity index is 1.39. The Labute approximate surface area is 151 Å². The number of nitrogens with one attached hydrogen (secondary N) is 1. The van der Waals surface area contributed by atoms with Crippen LogP contribution >= 0.6 is 11.6 Å². The first kappa shape index (κ1) is 17.8. The summed E-state index contributed by atoms with van der Waals surface area (Å²) in [5.41, 5.74) is 1.56. The number of hydrogen-bond acceptors (Lipinski definition) is 5. The quantitative estimate of drug-likeness (QED) is 0.756. The maximum Gasteiger partial charge on any atom is 0.276 e. The first-order chi connectivity index (χ1) is 12.2. The summed E-state index contributed by atoms with van der Waals surface area (Å²) in [6, 6.07) is 7.81. The molecule has 1 aliphatic heterocycles. The lowest BCUT2D eigenvalue weighted by Crippen LogP contribution is -2.40.